The van der Waals surface area contributed by atoms with E-state index in [9.17, 15) is 4.79 Å². The van der Waals surface area contributed by atoms with Crippen LogP contribution in [0.4, 0.5) is 0 Å². The Balaban J connectivity index is 2.82. The predicted molar refractivity (Wildman–Crippen MR) is 31.9 cm³/mol. The third kappa shape index (κ3) is 5.47. The molecule has 0 aliphatic heterocycles. The Hall–Kier alpha value is -0.530. The van der Waals surface area contributed by atoms with E-state index in [0.29, 0.717) is 6.42 Å². The Morgan fingerprint density at radius 3 is 2.75 bits per heavy atom. The number of hydrogen-bond donors (Lipinski definition) is 0. The smallest absolute Gasteiger partial charge is 0.238 e. The second kappa shape index (κ2) is 4.62. The van der Waals surface area contributed by atoms with Gasteiger partial charge in [0.15, 0.2) is 0 Å². The lowest BCUT2D eigenvalue weighted by molar-refractivity contribution is -0.118. The molecule has 0 heterocycles. The normalized spacial score (nSPS) is 9.12. The number of carbonyl (C=O) groups is 1. The van der Waals surface area contributed by atoms with Crippen LogP contribution in [0.5, 0.6) is 0 Å². The molecule has 1 N–H and O–H groups in total. The van der Waals surface area contributed by atoms with E-state index < -0.39 is 5.91 Å². The quantitative estimate of drug-likeness (QED) is 0.505. The number of carbonyl (C=O) groups excluding carboxylic acids is 1. The minimum Gasteiger partial charge on any atom is -0.273 e. The molecular formula is C6H11NO. The van der Waals surface area contributed by atoms with E-state index >= 15 is 0 Å². The molecule has 0 spiro atoms. The molecule has 0 saturated carbocycles. The van der Waals surface area contributed by atoms with Gasteiger partial charge in [-0.2, -0.15) is 0 Å². The Labute approximate surface area is 50.1 Å². The van der Waals surface area contributed by atoms with Gasteiger partial charge >= 0.3 is 0 Å². The molecule has 0 aliphatic carbocycles. The summed E-state index contributed by atoms with van der Waals surface area (Å²) in [5.74, 6) is -0.452. The van der Waals surface area contributed by atoms with Gasteiger partial charge < -0.3 is 0 Å². The Bertz CT molecular complexity index is 70.9. The first-order valence-corrected chi connectivity index (χ1v) is 2.79. The van der Waals surface area contributed by atoms with Gasteiger partial charge in [0.25, 0.3) is 0 Å². The molecule has 0 rings (SSSR count). The van der Waals surface area contributed by atoms with E-state index in [-0.39, 0.29) is 0 Å². The van der Waals surface area contributed by atoms with Crippen molar-refractivity contribution < 1.29 is 4.79 Å². The van der Waals surface area contributed by atoms with Crippen LogP contribution in [0.1, 0.15) is 26.2 Å². The largest absolute Gasteiger partial charge is 0.273 e. The van der Waals surface area contributed by atoms with Gasteiger partial charge in [-0.3, -0.25) is 10.5 Å². The van der Waals surface area contributed by atoms with Crippen LogP contribution in [0.3, 0.4) is 0 Å². The fourth-order valence-corrected chi connectivity index (χ4v) is 0.467. The summed E-state index contributed by atoms with van der Waals surface area (Å²) in [5, 5.41) is 0. The topological polar surface area (TPSA) is 40.9 Å². The second-order valence-corrected chi connectivity index (χ2v) is 1.72. The molecule has 2 heteroatoms. The number of hydrogen-bond acceptors (Lipinski definition) is 1. The van der Waals surface area contributed by atoms with Crippen LogP contribution in [0, 0.1) is 6.42 Å². The molecule has 46 valence electrons. The molecule has 0 bridgehead atoms. The molecular weight excluding hydrogens is 102 g/mol. The highest BCUT2D eigenvalue weighted by Gasteiger charge is 1.91. The molecule has 2 nitrogen and oxygen atoms in total. The molecule has 0 aromatic heterocycles. The Morgan fingerprint density at radius 1 is 1.75 bits per heavy atom. The van der Waals surface area contributed by atoms with Gasteiger partial charge in [0.2, 0.25) is 5.91 Å². The summed E-state index contributed by atoms with van der Waals surface area (Å²) in [6.45, 7) is 1.95. The highest BCUT2D eigenvalue weighted by Crippen LogP contribution is 1.95. The van der Waals surface area contributed by atoms with Crippen LogP contribution in [0.2, 0.25) is 0 Å². The SMILES string of the molecule is C[CH]CCCC([NH])=O. The molecule has 1 amide bonds. The van der Waals surface area contributed by atoms with E-state index in [0.717, 1.165) is 12.8 Å². The molecule has 0 aromatic carbocycles. The zero-order valence-electron chi connectivity index (χ0n) is 5.11. The van der Waals surface area contributed by atoms with Crippen molar-refractivity contribution in [1.29, 1.82) is 0 Å². The van der Waals surface area contributed by atoms with E-state index in [1.165, 1.54) is 0 Å². The first kappa shape index (κ1) is 7.47. The fraction of sp³-hybridized carbons (Fsp3) is 0.667. The van der Waals surface area contributed by atoms with Gasteiger partial charge in [0.05, 0.1) is 0 Å². The van der Waals surface area contributed by atoms with Gasteiger partial charge in [-0.15, -0.1) is 0 Å². The van der Waals surface area contributed by atoms with Crippen molar-refractivity contribution in [3.05, 3.63) is 6.42 Å². The molecule has 0 unspecified atom stereocenters. The van der Waals surface area contributed by atoms with Crippen molar-refractivity contribution in [3.8, 4) is 0 Å². The molecule has 8 heavy (non-hydrogen) atoms. The van der Waals surface area contributed by atoms with Crippen molar-refractivity contribution in [2.24, 2.45) is 0 Å². The van der Waals surface area contributed by atoms with Crippen LogP contribution < -0.4 is 5.73 Å². The summed E-state index contributed by atoms with van der Waals surface area (Å²) < 4.78 is 0. The minimum absolute atomic E-state index is 0.407. The van der Waals surface area contributed by atoms with Gasteiger partial charge in [-0.1, -0.05) is 6.92 Å². The lowest BCUT2D eigenvalue weighted by Gasteiger charge is -1.89. The highest BCUT2D eigenvalue weighted by atomic mass is 16.1. The van der Waals surface area contributed by atoms with Gasteiger partial charge in [-0.25, -0.2) is 0 Å². The molecule has 0 fully saturated rings. The average molecular weight is 113 g/mol. The first-order chi connectivity index (χ1) is 3.77. The van der Waals surface area contributed by atoms with Crippen LogP contribution in [0.15, 0.2) is 0 Å². The molecule has 2 radical (unpaired) electrons. The van der Waals surface area contributed by atoms with Crippen molar-refractivity contribution in [2.45, 2.75) is 26.2 Å². The molecule has 0 aliphatic rings. The fourth-order valence-electron chi connectivity index (χ4n) is 0.467. The zero-order chi connectivity index (χ0) is 6.41. The van der Waals surface area contributed by atoms with Gasteiger partial charge in [0, 0.05) is 6.42 Å². The number of amides is 1. The average Bonchev–Trinajstić information content (AvgIpc) is 1.66. The lowest BCUT2D eigenvalue weighted by atomic mass is 10.2. The highest BCUT2D eigenvalue weighted by molar-refractivity contribution is 5.72. The second-order valence-electron chi connectivity index (χ2n) is 1.72. The summed E-state index contributed by atoms with van der Waals surface area (Å²) in [7, 11) is 0. The van der Waals surface area contributed by atoms with E-state index in [1.807, 2.05) is 13.3 Å². The maximum atomic E-state index is 9.97. The molecule has 0 aromatic rings. The van der Waals surface area contributed by atoms with Crippen molar-refractivity contribution >= 4 is 5.91 Å². The summed E-state index contributed by atoms with van der Waals surface area (Å²) >= 11 is 0. The molecule has 0 atom stereocenters. The number of nitrogens with one attached hydrogen (secondary N) is 1. The van der Waals surface area contributed by atoms with Crippen molar-refractivity contribution in [1.82, 2.24) is 5.73 Å². The summed E-state index contributed by atoms with van der Waals surface area (Å²) in [6.07, 6.45) is 4.19. The van der Waals surface area contributed by atoms with E-state index in [2.05, 4.69) is 0 Å². The maximum Gasteiger partial charge on any atom is 0.238 e. The Kier molecular flexibility index (Phi) is 4.32. The lowest BCUT2D eigenvalue weighted by Crippen LogP contribution is -1.95. The predicted octanol–water partition coefficient (Wildman–Crippen LogP) is 1.19. The maximum absolute atomic E-state index is 9.97. The standard InChI is InChI=1S/C6H11NO/c1-2-3-4-5-6(7)8/h2,7H,3-5H2,1H3. The monoisotopic (exact) mass is 113 g/mol. The third-order valence-electron chi connectivity index (χ3n) is 0.897. The minimum atomic E-state index is -0.452. The van der Waals surface area contributed by atoms with E-state index in [4.69, 9.17) is 5.73 Å². The van der Waals surface area contributed by atoms with Gasteiger partial charge in [-0.05, 0) is 19.3 Å². The summed E-state index contributed by atoms with van der Waals surface area (Å²) in [6, 6.07) is 0. The van der Waals surface area contributed by atoms with Crippen molar-refractivity contribution in [2.75, 3.05) is 0 Å². The molecule has 0 saturated heterocycles. The Morgan fingerprint density at radius 2 is 2.38 bits per heavy atom. The summed E-state index contributed by atoms with van der Waals surface area (Å²) in [5.41, 5.74) is 6.50. The van der Waals surface area contributed by atoms with Crippen LogP contribution >= 0.6 is 0 Å². The number of rotatable bonds is 4. The van der Waals surface area contributed by atoms with Crippen molar-refractivity contribution in [3.63, 3.8) is 0 Å². The van der Waals surface area contributed by atoms with E-state index in [1.54, 1.807) is 0 Å². The first-order valence-electron chi connectivity index (χ1n) is 2.79. The van der Waals surface area contributed by atoms with Crippen LogP contribution in [-0.2, 0) is 4.79 Å². The zero-order valence-corrected chi connectivity index (χ0v) is 5.11. The van der Waals surface area contributed by atoms with Gasteiger partial charge in [0.1, 0.15) is 0 Å². The number of unbranched alkanes of at least 4 members (excludes halogenated alkanes) is 2. The summed E-state index contributed by atoms with van der Waals surface area (Å²) in [4.78, 5) is 9.97. The third-order valence-corrected chi connectivity index (χ3v) is 0.897. The van der Waals surface area contributed by atoms with Crippen LogP contribution in [-0.4, -0.2) is 5.91 Å². The van der Waals surface area contributed by atoms with Crippen LogP contribution in [0.25, 0.3) is 0 Å².